The SMILES string of the molecule is CCNC(=NCCSc1ccccc1F)NC1CCN(CCS(C)(=O)=O)CC1.I. The summed E-state index contributed by atoms with van der Waals surface area (Å²) in [6, 6.07) is 7.11. The average Bonchev–Trinajstić information content (AvgIpc) is 2.65. The molecule has 0 amide bonds. The lowest BCUT2D eigenvalue weighted by molar-refractivity contribution is 0.216. The highest BCUT2D eigenvalue weighted by Crippen LogP contribution is 2.20. The molecule has 0 bridgehead atoms. The number of piperidine rings is 1. The number of hydrogen-bond donors (Lipinski definition) is 2. The lowest BCUT2D eigenvalue weighted by Crippen LogP contribution is -2.49. The predicted octanol–water partition coefficient (Wildman–Crippen LogP) is 2.60. The molecular formula is C19H32FIN4O2S2. The Morgan fingerprint density at radius 3 is 2.62 bits per heavy atom. The molecule has 1 aromatic carbocycles. The van der Waals surface area contributed by atoms with Crippen LogP contribution >= 0.6 is 35.7 Å². The van der Waals surface area contributed by atoms with E-state index < -0.39 is 9.84 Å². The van der Waals surface area contributed by atoms with Crippen molar-refractivity contribution in [2.24, 2.45) is 4.99 Å². The van der Waals surface area contributed by atoms with Gasteiger partial charge < -0.3 is 15.5 Å². The summed E-state index contributed by atoms with van der Waals surface area (Å²) in [4.78, 5) is 7.45. The zero-order chi connectivity index (χ0) is 20.4. The van der Waals surface area contributed by atoms with Crippen LogP contribution in [-0.2, 0) is 9.84 Å². The number of guanidine groups is 1. The van der Waals surface area contributed by atoms with Crippen LogP contribution < -0.4 is 10.6 Å². The van der Waals surface area contributed by atoms with Gasteiger partial charge in [-0.3, -0.25) is 4.99 Å². The quantitative estimate of drug-likeness (QED) is 0.160. The van der Waals surface area contributed by atoms with Crippen LogP contribution in [0, 0.1) is 5.82 Å². The van der Waals surface area contributed by atoms with Gasteiger partial charge in [-0.15, -0.1) is 35.7 Å². The van der Waals surface area contributed by atoms with E-state index in [4.69, 9.17) is 0 Å². The van der Waals surface area contributed by atoms with Crippen LogP contribution in [-0.4, -0.2) is 75.8 Å². The van der Waals surface area contributed by atoms with Crippen molar-refractivity contribution in [1.29, 1.82) is 0 Å². The van der Waals surface area contributed by atoms with Gasteiger partial charge in [0.1, 0.15) is 15.7 Å². The lowest BCUT2D eigenvalue weighted by Gasteiger charge is -2.32. The summed E-state index contributed by atoms with van der Waals surface area (Å²) in [6.45, 7) is 5.78. The first kappa shape index (κ1) is 26.4. The minimum absolute atomic E-state index is 0. The lowest BCUT2D eigenvalue weighted by atomic mass is 10.1. The van der Waals surface area contributed by atoms with Crippen molar-refractivity contribution in [2.45, 2.75) is 30.7 Å². The molecule has 0 spiro atoms. The molecule has 0 aliphatic carbocycles. The van der Waals surface area contributed by atoms with Gasteiger partial charge >= 0.3 is 0 Å². The number of hydrogen-bond acceptors (Lipinski definition) is 5. The third kappa shape index (κ3) is 10.8. The van der Waals surface area contributed by atoms with Crippen LogP contribution in [0.4, 0.5) is 4.39 Å². The van der Waals surface area contributed by atoms with Gasteiger partial charge in [0.05, 0.1) is 12.3 Å². The highest BCUT2D eigenvalue weighted by atomic mass is 127. The maximum absolute atomic E-state index is 13.6. The topological polar surface area (TPSA) is 73.8 Å². The minimum Gasteiger partial charge on any atom is -0.357 e. The molecule has 1 fully saturated rings. The van der Waals surface area contributed by atoms with Crippen LogP contribution in [0.15, 0.2) is 34.2 Å². The molecule has 0 unspecified atom stereocenters. The van der Waals surface area contributed by atoms with E-state index in [1.807, 2.05) is 13.0 Å². The third-order valence-electron chi connectivity index (χ3n) is 4.51. The van der Waals surface area contributed by atoms with E-state index in [-0.39, 0.29) is 35.5 Å². The summed E-state index contributed by atoms with van der Waals surface area (Å²) in [7, 11) is -2.91. The largest absolute Gasteiger partial charge is 0.357 e. The molecule has 0 aromatic heterocycles. The number of nitrogens with one attached hydrogen (secondary N) is 2. The fraction of sp³-hybridized carbons (Fsp3) is 0.632. The van der Waals surface area contributed by atoms with E-state index in [2.05, 4.69) is 20.5 Å². The van der Waals surface area contributed by atoms with Crippen LogP contribution in [0.5, 0.6) is 0 Å². The Hall–Kier alpha value is -0.590. The molecule has 1 aromatic rings. The van der Waals surface area contributed by atoms with Crippen LogP contribution in [0.3, 0.4) is 0 Å². The second kappa shape index (κ2) is 13.7. The predicted molar refractivity (Wildman–Crippen MR) is 131 cm³/mol. The molecule has 1 aliphatic heterocycles. The second-order valence-corrected chi connectivity index (χ2v) is 10.3. The number of benzene rings is 1. The fourth-order valence-electron chi connectivity index (χ4n) is 2.98. The summed E-state index contributed by atoms with van der Waals surface area (Å²) in [5.41, 5.74) is 0. The average molecular weight is 559 g/mol. The third-order valence-corrected chi connectivity index (χ3v) is 6.46. The van der Waals surface area contributed by atoms with Gasteiger partial charge in [0.2, 0.25) is 0 Å². The van der Waals surface area contributed by atoms with Crippen molar-refractivity contribution in [3.63, 3.8) is 0 Å². The summed E-state index contributed by atoms with van der Waals surface area (Å²) in [6.07, 6.45) is 3.20. The van der Waals surface area contributed by atoms with Gasteiger partial charge in [-0.05, 0) is 31.9 Å². The molecule has 0 atom stereocenters. The molecule has 2 rings (SSSR count). The van der Waals surface area contributed by atoms with Gasteiger partial charge in [0, 0.05) is 49.1 Å². The molecule has 10 heteroatoms. The minimum atomic E-state index is -2.91. The molecule has 0 saturated carbocycles. The first-order chi connectivity index (χ1) is 13.4. The van der Waals surface area contributed by atoms with Gasteiger partial charge in [0.15, 0.2) is 5.96 Å². The van der Waals surface area contributed by atoms with Crippen molar-refractivity contribution >= 4 is 51.5 Å². The summed E-state index contributed by atoms with van der Waals surface area (Å²) in [5.74, 6) is 1.52. The number of rotatable bonds is 9. The standard InChI is InChI=1S/C19H31FN4O2S2.HI/c1-3-21-19(22-10-14-27-18-7-5-4-6-17(18)20)23-16-8-11-24(12-9-16)13-15-28(2,25)26;/h4-7,16H,3,8-15H2,1-2H3,(H2,21,22,23);1H. The monoisotopic (exact) mass is 558 g/mol. The second-order valence-electron chi connectivity index (χ2n) is 6.93. The Labute approximate surface area is 195 Å². The normalized spacial score (nSPS) is 16.3. The first-order valence-corrected chi connectivity index (χ1v) is 12.7. The van der Waals surface area contributed by atoms with Crippen LogP contribution in [0.25, 0.3) is 0 Å². The molecule has 1 aliphatic rings. The number of thioether (sulfide) groups is 1. The van der Waals surface area contributed by atoms with E-state index in [1.54, 1.807) is 12.1 Å². The molecular weight excluding hydrogens is 526 g/mol. The number of halogens is 2. The van der Waals surface area contributed by atoms with Gasteiger partial charge in [-0.1, -0.05) is 12.1 Å². The maximum Gasteiger partial charge on any atom is 0.191 e. The highest BCUT2D eigenvalue weighted by molar-refractivity contribution is 14.0. The summed E-state index contributed by atoms with van der Waals surface area (Å²) in [5, 5.41) is 6.73. The van der Waals surface area contributed by atoms with Crippen molar-refractivity contribution in [2.75, 3.05) is 50.5 Å². The Morgan fingerprint density at radius 1 is 1.31 bits per heavy atom. The molecule has 166 valence electrons. The Morgan fingerprint density at radius 2 is 2.00 bits per heavy atom. The van der Waals surface area contributed by atoms with E-state index in [0.717, 1.165) is 38.4 Å². The molecule has 1 saturated heterocycles. The molecule has 1 heterocycles. The van der Waals surface area contributed by atoms with Gasteiger partial charge in [0.25, 0.3) is 0 Å². The maximum atomic E-state index is 13.6. The first-order valence-electron chi connectivity index (χ1n) is 9.69. The van der Waals surface area contributed by atoms with Crippen molar-refractivity contribution < 1.29 is 12.8 Å². The van der Waals surface area contributed by atoms with Crippen molar-refractivity contribution in [1.82, 2.24) is 15.5 Å². The number of aliphatic imine (C=N–C) groups is 1. The van der Waals surface area contributed by atoms with Crippen LogP contribution in [0.1, 0.15) is 19.8 Å². The van der Waals surface area contributed by atoms with Gasteiger partial charge in [-0.25, -0.2) is 12.8 Å². The summed E-state index contributed by atoms with van der Waals surface area (Å²) < 4.78 is 36.2. The van der Waals surface area contributed by atoms with Crippen molar-refractivity contribution in [3.05, 3.63) is 30.1 Å². The zero-order valence-corrected chi connectivity index (χ0v) is 21.0. The Bertz CT molecular complexity index is 741. The molecule has 29 heavy (non-hydrogen) atoms. The number of sulfone groups is 1. The summed E-state index contributed by atoms with van der Waals surface area (Å²) >= 11 is 1.47. The molecule has 0 radical (unpaired) electrons. The van der Waals surface area contributed by atoms with E-state index in [0.29, 0.717) is 29.8 Å². The van der Waals surface area contributed by atoms with Gasteiger partial charge in [-0.2, -0.15) is 0 Å². The Balaban J connectivity index is 0.00000420. The fourth-order valence-corrected chi connectivity index (χ4v) is 4.36. The van der Waals surface area contributed by atoms with Crippen molar-refractivity contribution in [3.8, 4) is 0 Å². The Kier molecular flexibility index (Phi) is 12.5. The highest BCUT2D eigenvalue weighted by Gasteiger charge is 2.20. The van der Waals surface area contributed by atoms with E-state index in [9.17, 15) is 12.8 Å². The van der Waals surface area contributed by atoms with Crippen LogP contribution in [0.2, 0.25) is 0 Å². The number of likely N-dealkylation sites (tertiary alicyclic amines) is 1. The smallest absolute Gasteiger partial charge is 0.191 e. The zero-order valence-electron chi connectivity index (χ0n) is 17.1. The van der Waals surface area contributed by atoms with E-state index in [1.165, 1.54) is 24.1 Å². The molecule has 2 N–H and O–H groups in total. The van der Waals surface area contributed by atoms with E-state index >= 15 is 0 Å². The number of nitrogens with zero attached hydrogens (tertiary/aromatic N) is 2. The molecule has 6 nitrogen and oxygen atoms in total.